The largest absolute Gasteiger partial charge is 0.304 e. The first-order valence-electron chi connectivity index (χ1n) is 6.50. The molecule has 3 heterocycles. The summed E-state index contributed by atoms with van der Waals surface area (Å²) in [5.74, 6) is 0.782. The SMILES string of the molecule is Cc1cc(C)nc(SCc2cn3c(C)cccc3n2)n1. The van der Waals surface area contributed by atoms with Gasteiger partial charge >= 0.3 is 0 Å². The van der Waals surface area contributed by atoms with Crippen LogP contribution in [-0.2, 0) is 5.75 Å². The Morgan fingerprint density at radius 1 is 1.05 bits per heavy atom. The molecule has 0 bridgehead atoms. The van der Waals surface area contributed by atoms with Gasteiger partial charge in [-0.1, -0.05) is 17.8 Å². The normalized spacial score (nSPS) is 11.2. The van der Waals surface area contributed by atoms with Crippen molar-refractivity contribution < 1.29 is 0 Å². The molecule has 0 aliphatic rings. The third-order valence-corrected chi connectivity index (χ3v) is 3.94. The predicted octanol–water partition coefficient (Wildman–Crippen LogP) is 3.34. The van der Waals surface area contributed by atoms with Gasteiger partial charge in [0.05, 0.1) is 5.69 Å². The number of fused-ring (bicyclic) bond motifs is 1. The van der Waals surface area contributed by atoms with Gasteiger partial charge in [-0.2, -0.15) is 0 Å². The first-order valence-corrected chi connectivity index (χ1v) is 7.49. The Balaban J connectivity index is 1.81. The molecule has 0 radical (unpaired) electrons. The molecule has 0 amide bonds. The van der Waals surface area contributed by atoms with Gasteiger partial charge < -0.3 is 4.40 Å². The van der Waals surface area contributed by atoms with Gasteiger partial charge in [0, 0.05) is 29.0 Å². The van der Waals surface area contributed by atoms with E-state index in [-0.39, 0.29) is 0 Å². The lowest BCUT2D eigenvalue weighted by molar-refractivity contribution is 0.901. The highest BCUT2D eigenvalue weighted by Crippen LogP contribution is 2.20. The van der Waals surface area contributed by atoms with E-state index in [4.69, 9.17) is 0 Å². The van der Waals surface area contributed by atoms with Gasteiger partial charge in [-0.05, 0) is 39.0 Å². The third kappa shape index (κ3) is 2.67. The first kappa shape index (κ1) is 13.1. The van der Waals surface area contributed by atoms with Crippen LogP contribution in [0.5, 0.6) is 0 Å². The maximum absolute atomic E-state index is 4.62. The lowest BCUT2D eigenvalue weighted by Gasteiger charge is -2.01. The summed E-state index contributed by atoms with van der Waals surface area (Å²) in [6.45, 7) is 6.07. The Hall–Kier alpha value is -1.88. The zero-order valence-corrected chi connectivity index (χ0v) is 12.6. The second kappa shape index (κ2) is 5.25. The lowest BCUT2D eigenvalue weighted by Crippen LogP contribution is -1.93. The Morgan fingerprint density at radius 2 is 1.80 bits per heavy atom. The molecule has 0 atom stereocenters. The summed E-state index contributed by atoms with van der Waals surface area (Å²) in [5, 5.41) is 0.816. The topological polar surface area (TPSA) is 43.1 Å². The average Bonchev–Trinajstić information content (AvgIpc) is 2.80. The standard InChI is InChI=1S/C15H16N4S/c1-10-7-11(2)17-15(16-10)20-9-13-8-19-12(3)5-4-6-14(19)18-13/h4-8H,9H2,1-3H3. The van der Waals surface area contributed by atoms with E-state index < -0.39 is 0 Å². The van der Waals surface area contributed by atoms with Crippen LogP contribution < -0.4 is 0 Å². The van der Waals surface area contributed by atoms with Gasteiger partial charge in [0.1, 0.15) is 5.65 Å². The fourth-order valence-electron chi connectivity index (χ4n) is 2.17. The molecule has 0 aromatic carbocycles. The van der Waals surface area contributed by atoms with E-state index in [1.807, 2.05) is 32.0 Å². The number of pyridine rings is 1. The number of rotatable bonds is 3. The summed E-state index contributed by atoms with van der Waals surface area (Å²) in [4.78, 5) is 13.5. The van der Waals surface area contributed by atoms with Gasteiger partial charge in [-0.15, -0.1) is 0 Å². The van der Waals surface area contributed by atoms with Gasteiger partial charge in [0.25, 0.3) is 0 Å². The molecule has 0 saturated carbocycles. The van der Waals surface area contributed by atoms with E-state index in [0.717, 1.165) is 33.6 Å². The summed E-state index contributed by atoms with van der Waals surface area (Å²) < 4.78 is 2.11. The van der Waals surface area contributed by atoms with Crippen molar-refractivity contribution in [3.8, 4) is 0 Å². The van der Waals surface area contributed by atoms with Crippen molar-refractivity contribution in [2.24, 2.45) is 0 Å². The Bertz CT molecular complexity index is 743. The summed E-state index contributed by atoms with van der Waals surface area (Å²) >= 11 is 1.62. The van der Waals surface area contributed by atoms with Crippen LogP contribution in [0.15, 0.2) is 35.6 Å². The maximum Gasteiger partial charge on any atom is 0.188 e. The number of aromatic nitrogens is 4. The number of hydrogen-bond acceptors (Lipinski definition) is 4. The summed E-state index contributed by atoms with van der Waals surface area (Å²) in [6, 6.07) is 8.12. The number of nitrogens with zero attached hydrogens (tertiary/aromatic N) is 4. The van der Waals surface area contributed by atoms with Crippen molar-refractivity contribution in [3.05, 3.63) is 53.2 Å². The van der Waals surface area contributed by atoms with E-state index >= 15 is 0 Å². The molecule has 0 saturated heterocycles. The van der Waals surface area contributed by atoms with Gasteiger partial charge in [-0.3, -0.25) is 0 Å². The predicted molar refractivity (Wildman–Crippen MR) is 81.0 cm³/mol. The number of thioether (sulfide) groups is 1. The van der Waals surface area contributed by atoms with Crippen molar-refractivity contribution in [2.75, 3.05) is 0 Å². The summed E-state index contributed by atoms with van der Waals surface area (Å²) in [5.41, 5.74) is 5.24. The molecule has 3 aromatic rings. The van der Waals surface area contributed by atoms with Crippen LogP contribution in [0.3, 0.4) is 0 Å². The second-order valence-electron chi connectivity index (χ2n) is 4.85. The third-order valence-electron chi connectivity index (χ3n) is 3.06. The number of imidazole rings is 1. The zero-order chi connectivity index (χ0) is 14.1. The van der Waals surface area contributed by atoms with Gasteiger partial charge in [0.2, 0.25) is 0 Å². The molecule has 20 heavy (non-hydrogen) atoms. The molecule has 0 spiro atoms. The van der Waals surface area contributed by atoms with Crippen LogP contribution in [0.25, 0.3) is 5.65 Å². The van der Waals surface area contributed by atoms with E-state index in [2.05, 4.69) is 38.5 Å². The lowest BCUT2D eigenvalue weighted by atomic mass is 10.4. The fraction of sp³-hybridized carbons (Fsp3) is 0.267. The Kier molecular flexibility index (Phi) is 3.44. The smallest absolute Gasteiger partial charge is 0.188 e. The highest BCUT2D eigenvalue weighted by atomic mass is 32.2. The van der Waals surface area contributed by atoms with Gasteiger partial charge in [0.15, 0.2) is 5.16 Å². The van der Waals surface area contributed by atoms with Crippen LogP contribution in [0.2, 0.25) is 0 Å². The molecule has 102 valence electrons. The minimum Gasteiger partial charge on any atom is -0.304 e. The molecular formula is C15H16N4S. The molecule has 0 fully saturated rings. The molecule has 0 N–H and O–H groups in total. The van der Waals surface area contributed by atoms with E-state index in [1.54, 1.807) is 11.8 Å². The number of aryl methyl sites for hydroxylation is 3. The van der Waals surface area contributed by atoms with Crippen LogP contribution in [0.1, 0.15) is 22.8 Å². The van der Waals surface area contributed by atoms with Gasteiger partial charge in [-0.25, -0.2) is 15.0 Å². The molecule has 5 heteroatoms. The first-order chi connectivity index (χ1) is 9.61. The van der Waals surface area contributed by atoms with Crippen LogP contribution in [0.4, 0.5) is 0 Å². The molecule has 3 rings (SSSR count). The minimum absolute atomic E-state index is 0.782. The molecule has 3 aromatic heterocycles. The Morgan fingerprint density at radius 3 is 2.50 bits per heavy atom. The summed E-state index contributed by atoms with van der Waals surface area (Å²) in [7, 11) is 0. The van der Waals surface area contributed by atoms with E-state index in [0.29, 0.717) is 0 Å². The van der Waals surface area contributed by atoms with Crippen molar-refractivity contribution in [1.82, 2.24) is 19.4 Å². The van der Waals surface area contributed by atoms with Crippen molar-refractivity contribution in [2.45, 2.75) is 31.7 Å². The van der Waals surface area contributed by atoms with Crippen LogP contribution >= 0.6 is 11.8 Å². The molecule has 0 aliphatic heterocycles. The number of hydrogen-bond donors (Lipinski definition) is 0. The van der Waals surface area contributed by atoms with Crippen molar-refractivity contribution in [1.29, 1.82) is 0 Å². The second-order valence-corrected chi connectivity index (χ2v) is 5.79. The molecule has 0 aliphatic carbocycles. The molecule has 4 nitrogen and oxygen atoms in total. The Labute approximate surface area is 122 Å². The minimum atomic E-state index is 0.782. The highest BCUT2D eigenvalue weighted by Gasteiger charge is 2.06. The summed E-state index contributed by atoms with van der Waals surface area (Å²) in [6.07, 6.45) is 2.08. The van der Waals surface area contributed by atoms with Crippen molar-refractivity contribution in [3.63, 3.8) is 0 Å². The quantitative estimate of drug-likeness (QED) is 0.546. The monoisotopic (exact) mass is 284 g/mol. The van der Waals surface area contributed by atoms with E-state index in [1.165, 1.54) is 5.69 Å². The fourth-order valence-corrected chi connectivity index (χ4v) is 3.00. The van der Waals surface area contributed by atoms with E-state index in [9.17, 15) is 0 Å². The average molecular weight is 284 g/mol. The maximum atomic E-state index is 4.62. The van der Waals surface area contributed by atoms with Crippen molar-refractivity contribution >= 4 is 17.4 Å². The molecular weight excluding hydrogens is 268 g/mol. The zero-order valence-electron chi connectivity index (χ0n) is 11.8. The highest BCUT2D eigenvalue weighted by molar-refractivity contribution is 7.98. The van der Waals surface area contributed by atoms with Crippen LogP contribution in [0, 0.1) is 20.8 Å². The van der Waals surface area contributed by atoms with Crippen LogP contribution in [-0.4, -0.2) is 19.4 Å². The molecule has 0 unspecified atom stereocenters.